The highest BCUT2D eigenvalue weighted by molar-refractivity contribution is 5.88. The quantitative estimate of drug-likeness (QED) is 0.577. The number of anilines is 3. The first-order valence-electron chi connectivity index (χ1n) is 8.70. The van der Waals surface area contributed by atoms with Crippen molar-refractivity contribution in [2.75, 3.05) is 30.0 Å². The van der Waals surface area contributed by atoms with Crippen LogP contribution in [0.25, 0.3) is 11.0 Å². The van der Waals surface area contributed by atoms with E-state index in [9.17, 15) is 5.11 Å². The topological polar surface area (TPSA) is 108 Å². The Morgan fingerprint density at radius 3 is 2.16 bits per heavy atom. The number of rotatable bonds is 8. The van der Waals surface area contributed by atoms with E-state index < -0.39 is 5.60 Å². The zero-order valence-corrected chi connectivity index (χ0v) is 15.9. The molecule has 0 unspecified atom stereocenters. The van der Waals surface area contributed by atoms with Crippen LogP contribution in [-0.4, -0.2) is 50.8 Å². The van der Waals surface area contributed by atoms with Gasteiger partial charge >= 0.3 is 0 Å². The van der Waals surface area contributed by atoms with E-state index in [0.29, 0.717) is 41.6 Å². The van der Waals surface area contributed by atoms with Crippen LogP contribution in [0.3, 0.4) is 0 Å². The lowest BCUT2D eigenvalue weighted by atomic mass is 10.0. The lowest BCUT2D eigenvalue weighted by Gasteiger charge is -2.18. The average Bonchev–Trinajstić information content (AvgIpc) is 2.58. The molecule has 1 atom stereocenters. The van der Waals surface area contributed by atoms with Crippen molar-refractivity contribution >= 4 is 28.7 Å². The molecule has 2 heterocycles. The van der Waals surface area contributed by atoms with Gasteiger partial charge in [-0.2, -0.15) is 4.98 Å². The molecule has 0 radical (unpaired) electrons. The Bertz CT molecular complexity index is 727. The minimum atomic E-state index is -0.770. The average molecular weight is 347 g/mol. The molecule has 2 aromatic heterocycles. The highest BCUT2D eigenvalue weighted by Gasteiger charge is 2.19. The molecule has 0 amide bonds. The molecular formula is C17H29N7O. The number of hydrogen-bond acceptors (Lipinski definition) is 8. The number of nitrogens with zero attached hydrogens (tertiary/aromatic N) is 4. The summed E-state index contributed by atoms with van der Waals surface area (Å²) in [5, 5.41) is 19.5. The standard InChI is InChI=1S/C17H29N7O/c1-7-10(2)20-14-13-12(22-16(19-6)24-14)11(8-9-17(3,4)25)21-15(18-5)23-13/h10,25H,7-9H2,1-6H3,(H,18,21,23)(H2,19,20,22,24)/t10-/m0/s1. The van der Waals surface area contributed by atoms with Crippen LogP contribution >= 0.6 is 0 Å². The Labute approximate surface area is 148 Å². The van der Waals surface area contributed by atoms with Gasteiger partial charge in [0.05, 0.1) is 11.3 Å². The molecule has 0 fully saturated rings. The molecule has 25 heavy (non-hydrogen) atoms. The summed E-state index contributed by atoms with van der Waals surface area (Å²) >= 11 is 0. The molecule has 0 aliphatic rings. The summed E-state index contributed by atoms with van der Waals surface area (Å²) in [5.41, 5.74) is 1.41. The first-order chi connectivity index (χ1) is 11.8. The number of aryl methyl sites for hydroxylation is 1. The maximum absolute atomic E-state index is 10.1. The highest BCUT2D eigenvalue weighted by Crippen LogP contribution is 2.26. The number of aliphatic hydroxyl groups is 1. The van der Waals surface area contributed by atoms with Gasteiger partial charge in [-0.25, -0.2) is 15.0 Å². The van der Waals surface area contributed by atoms with Gasteiger partial charge in [0.25, 0.3) is 0 Å². The Morgan fingerprint density at radius 2 is 1.60 bits per heavy atom. The highest BCUT2D eigenvalue weighted by atomic mass is 16.3. The van der Waals surface area contributed by atoms with E-state index in [-0.39, 0.29) is 6.04 Å². The lowest BCUT2D eigenvalue weighted by Crippen LogP contribution is -2.20. The van der Waals surface area contributed by atoms with Crippen LogP contribution in [-0.2, 0) is 6.42 Å². The summed E-state index contributed by atoms with van der Waals surface area (Å²) < 4.78 is 0. The van der Waals surface area contributed by atoms with Crippen molar-refractivity contribution in [3.8, 4) is 0 Å². The third-order valence-electron chi connectivity index (χ3n) is 4.03. The fourth-order valence-corrected chi connectivity index (χ4v) is 2.33. The predicted octanol–water partition coefficient (Wildman–Crippen LogP) is 2.42. The third-order valence-corrected chi connectivity index (χ3v) is 4.03. The van der Waals surface area contributed by atoms with Gasteiger partial charge in [0.2, 0.25) is 11.9 Å². The van der Waals surface area contributed by atoms with Gasteiger partial charge in [-0.1, -0.05) is 6.92 Å². The molecule has 8 nitrogen and oxygen atoms in total. The van der Waals surface area contributed by atoms with Gasteiger partial charge in [-0.15, -0.1) is 0 Å². The summed E-state index contributed by atoms with van der Waals surface area (Å²) in [7, 11) is 3.57. The van der Waals surface area contributed by atoms with E-state index in [2.05, 4.69) is 49.7 Å². The van der Waals surface area contributed by atoms with Gasteiger partial charge in [0, 0.05) is 20.1 Å². The molecule has 138 valence electrons. The largest absolute Gasteiger partial charge is 0.390 e. The zero-order valence-electron chi connectivity index (χ0n) is 15.9. The monoisotopic (exact) mass is 347 g/mol. The SMILES string of the molecule is CC[C@H](C)Nc1nc(NC)nc2c(CCC(C)(C)O)nc(NC)nc12. The second kappa shape index (κ2) is 7.77. The molecule has 4 N–H and O–H groups in total. The van der Waals surface area contributed by atoms with Crippen LogP contribution in [0.15, 0.2) is 0 Å². The molecule has 0 spiro atoms. The Hall–Kier alpha value is -2.22. The summed E-state index contributed by atoms with van der Waals surface area (Å²) in [6.45, 7) is 7.80. The maximum Gasteiger partial charge on any atom is 0.225 e. The van der Waals surface area contributed by atoms with E-state index in [0.717, 1.165) is 12.1 Å². The first kappa shape index (κ1) is 19.1. The number of fused-ring (bicyclic) bond motifs is 1. The molecule has 2 aromatic rings. The summed E-state index contributed by atoms with van der Waals surface area (Å²) in [6, 6.07) is 0.260. The van der Waals surface area contributed by atoms with Crippen molar-refractivity contribution in [2.24, 2.45) is 0 Å². The zero-order chi connectivity index (χ0) is 18.6. The first-order valence-corrected chi connectivity index (χ1v) is 8.70. The number of hydrogen-bond donors (Lipinski definition) is 4. The van der Waals surface area contributed by atoms with Crippen LogP contribution in [0.1, 0.15) is 46.2 Å². The molecular weight excluding hydrogens is 318 g/mol. The van der Waals surface area contributed by atoms with Gasteiger partial charge in [0.1, 0.15) is 11.0 Å². The smallest absolute Gasteiger partial charge is 0.225 e. The second-order valence-electron chi connectivity index (χ2n) is 6.85. The minimum Gasteiger partial charge on any atom is -0.390 e. The maximum atomic E-state index is 10.1. The molecule has 0 aromatic carbocycles. The molecule has 0 bridgehead atoms. The lowest BCUT2D eigenvalue weighted by molar-refractivity contribution is 0.0712. The molecule has 0 saturated carbocycles. The fraction of sp³-hybridized carbons (Fsp3) is 0.647. The van der Waals surface area contributed by atoms with Crippen molar-refractivity contribution in [3.05, 3.63) is 5.69 Å². The summed E-state index contributed by atoms with van der Waals surface area (Å²) in [5.74, 6) is 1.72. The van der Waals surface area contributed by atoms with Crippen LogP contribution in [0.5, 0.6) is 0 Å². The van der Waals surface area contributed by atoms with Crippen molar-refractivity contribution in [2.45, 2.75) is 58.6 Å². The Balaban J connectivity index is 2.60. The van der Waals surface area contributed by atoms with Crippen molar-refractivity contribution in [3.63, 3.8) is 0 Å². The van der Waals surface area contributed by atoms with Crippen LogP contribution in [0.4, 0.5) is 17.7 Å². The normalized spacial score (nSPS) is 12.9. The van der Waals surface area contributed by atoms with Crippen LogP contribution in [0, 0.1) is 0 Å². The van der Waals surface area contributed by atoms with Crippen LogP contribution in [0.2, 0.25) is 0 Å². The van der Waals surface area contributed by atoms with Crippen molar-refractivity contribution < 1.29 is 5.11 Å². The van der Waals surface area contributed by atoms with E-state index in [1.54, 1.807) is 27.9 Å². The number of aromatic nitrogens is 4. The van der Waals surface area contributed by atoms with E-state index >= 15 is 0 Å². The van der Waals surface area contributed by atoms with Gasteiger partial charge in [0.15, 0.2) is 5.82 Å². The van der Waals surface area contributed by atoms with E-state index in [4.69, 9.17) is 0 Å². The molecule has 0 saturated heterocycles. The van der Waals surface area contributed by atoms with Crippen molar-refractivity contribution in [1.82, 2.24) is 19.9 Å². The van der Waals surface area contributed by atoms with Gasteiger partial charge in [-0.05, 0) is 40.0 Å². The molecule has 2 rings (SSSR count). The molecule has 8 heteroatoms. The predicted molar refractivity (Wildman–Crippen MR) is 102 cm³/mol. The van der Waals surface area contributed by atoms with Gasteiger partial charge in [-0.3, -0.25) is 0 Å². The summed E-state index contributed by atoms with van der Waals surface area (Å²) in [4.78, 5) is 18.2. The van der Waals surface area contributed by atoms with Gasteiger partial charge < -0.3 is 21.1 Å². The third kappa shape index (κ3) is 4.88. The molecule has 0 aliphatic carbocycles. The fourth-order valence-electron chi connectivity index (χ4n) is 2.33. The van der Waals surface area contributed by atoms with Crippen molar-refractivity contribution in [1.29, 1.82) is 0 Å². The Kier molecular flexibility index (Phi) is 5.94. The summed E-state index contributed by atoms with van der Waals surface area (Å²) in [6.07, 6.45) is 2.14. The Morgan fingerprint density at radius 1 is 1.00 bits per heavy atom. The molecule has 0 aliphatic heterocycles. The second-order valence-corrected chi connectivity index (χ2v) is 6.85. The van der Waals surface area contributed by atoms with E-state index in [1.807, 2.05) is 0 Å². The van der Waals surface area contributed by atoms with Crippen LogP contribution < -0.4 is 16.0 Å². The van der Waals surface area contributed by atoms with E-state index in [1.165, 1.54) is 0 Å². The number of nitrogens with one attached hydrogen (secondary N) is 3. The minimum absolute atomic E-state index is 0.260.